The molecular formula is C41H42F3N3O4S2. The second-order valence-electron chi connectivity index (χ2n) is 12.8. The Morgan fingerprint density at radius 2 is 1.64 bits per heavy atom. The maximum atomic E-state index is 13.3. The van der Waals surface area contributed by atoms with E-state index in [1.807, 2.05) is 48.5 Å². The summed E-state index contributed by atoms with van der Waals surface area (Å²) in [7, 11) is 0. The van der Waals surface area contributed by atoms with Crippen LogP contribution >= 0.6 is 23.1 Å². The van der Waals surface area contributed by atoms with Crippen LogP contribution in [0.2, 0.25) is 0 Å². The lowest BCUT2D eigenvalue weighted by Crippen LogP contribution is -2.46. The highest BCUT2D eigenvalue weighted by molar-refractivity contribution is 7.98. The number of rotatable bonds is 15. The van der Waals surface area contributed by atoms with Gasteiger partial charge in [0.15, 0.2) is 5.75 Å². The summed E-state index contributed by atoms with van der Waals surface area (Å²) in [4.78, 5) is 33.2. The van der Waals surface area contributed by atoms with E-state index in [-0.39, 0.29) is 0 Å². The first-order valence-electron chi connectivity index (χ1n) is 17.7. The number of benzene rings is 4. The fourth-order valence-electron chi connectivity index (χ4n) is 6.05. The number of carbonyl (C=O) groups is 1. The highest BCUT2D eigenvalue weighted by atomic mass is 32.2. The van der Waals surface area contributed by atoms with Crippen molar-refractivity contribution in [3.8, 4) is 22.1 Å². The van der Waals surface area contributed by atoms with E-state index in [1.54, 1.807) is 11.8 Å². The summed E-state index contributed by atoms with van der Waals surface area (Å²) >= 11 is 3.18. The third-order valence-corrected chi connectivity index (χ3v) is 11.2. The lowest BCUT2D eigenvalue weighted by molar-refractivity contribution is -0.211. The quantitative estimate of drug-likeness (QED) is 0.0594. The van der Waals surface area contributed by atoms with Gasteiger partial charge in [-0.15, -0.1) is 23.1 Å². The number of thiazole rings is 1. The average molecular weight is 762 g/mol. The van der Waals surface area contributed by atoms with Gasteiger partial charge >= 0.3 is 12.1 Å². The lowest BCUT2D eigenvalue weighted by Gasteiger charge is -2.36. The molecule has 1 fully saturated rings. The van der Waals surface area contributed by atoms with Crippen LogP contribution < -0.4 is 14.5 Å². The Morgan fingerprint density at radius 3 is 2.32 bits per heavy atom. The van der Waals surface area contributed by atoms with Crippen LogP contribution in [0.3, 0.4) is 0 Å². The van der Waals surface area contributed by atoms with Crippen molar-refractivity contribution < 1.29 is 32.5 Å². The van der Waals surface area contributed by atoms with Gasteiger partial charge in [-0.25, -0.2) is 9.78 Å². The SMILES string of the molecule is CCCc1cc(SCc2sc(-c3ccc(C(F)(F)F)cc3)nc2CN2CCN(c3ccc(OCCc4ccccc4)cc3)CC2)ccc1OOC(C)=O. The van der Waals surface area contributed by atoms with Crippen LogP contribution in [0.4, 0.5) is 18.9 Å². The number of hydrogen-bond acceptors (Lipinski definition) is 9. The minimum atomic E-state index is -4.40. The molecule has 0 unspecified atom stereocenters. The van der Waals surface area contributed by atoms with Crippen LogP contribution in [0, 0.1) is 0 Å². The topological polar surface area (TPSA) is 64.1 Å². The van der Waals surface area contributed by atoms with Crippen LogP contribution in [-0.4, -0.2) is 48.6 Å². The molecule has 1 saturated heterocycles. The molecule has 0 N–H and O–H groups in total. The first kappa shape index (κ1) is 38.2. The number of aryl methyl sites for hydroxylation is 1. The van der Waals surface area contributed by atoms with E-state index < -0.39 is 17.7 Å². The van der Waals surface area contributed by atoms with Crippen molar-refractivity contribution in [3.05, 3.63) is 124 Å². The number of ether oxygens (including phenoxy) is 1. The summed E-state index contributed by atoms with van der Waals surface area (Å²) in [6.07, 6.45) is -1.89. The molecule has 12 heteroatoms. The zero-order valence-electron chi connectivity index (χ0n) is 29.7. The molecule has 0 atom stereocenters. The van der Waals surface area contributed by atoms with E-state index in [9.17, 15) is 18.0 Å². The van der Waals surface area contributed by atoms with Gasteiger partial charge in [0.1, 0.15) is 10.8 Å². The first-order valence-corrected chi connectivity index (χ1v) is 19.5. The van der Waals surface area contributed by atoms with Gasteiger partial charge in [-0.1, -0.05) is 55.8 Å². The molecule has 0 spiro atoms. The summed E-state index contributed by atoms with van der Waals surface area (Å²) < 4.78 is 45.8. The van der Waals surface area contributed by atoms with Gasteiger partial charge < -0.3 is 9.64 Å². The number of alkyl halides is 3. The number of hydrogen-bond donors (Lipinski definition) is 0. The van der Waals surface area contributed by atoms with E-state index in [0.29, 0.717) is 35.2 Å². The zero-order valence-corrected chi connectivity index (χ0v) is 31.4. The molecule has 7 nitrogen and oxygen atoms in total. The molecule has 1 aliphatic rings. The fraction of sp³-hybridized carbons (Fsp3) is 0.317. The predicted octanol–water partition coefficient (Wildman–Crippen LogP) is 9.87. The van der Waals surface area contributed by atoms with Crippen LogP contribution in [0.5, 0.6) is 11.5 Å². The Balaban J connectivity index is 1.11. The molecule has 278 valence electrons. The van der Waals surface area contributed by atoms with Crippen molar-refractivity contribution in [1.82, 2.24) is 9.88 Å². The number of carbonyl (C=O) groups excluding carboxylic acids is 1. The summed E-state index contributed by atoms with van der Waals surface area (Å²) in [5.41, 5.74) is 4.27. The Labute approximate surface area is 316 Å². The van der Waals surface area contributed by atoms with Gasteiger partial charge in [0.05, 0.1) is 17.9 Å². The van der Waals surface area contributed by atoms with Crippen molar-refractivity contribution in [2.75, 3.05) is 37.7 Å². The van der Waals surface area contributed by atoms with E-state index in [4.69, 9.17) is 19.5 Å². The van der Waals surface area contributed by atoms with Gasteiger partial charge in [0.25, 0.3) is 0 Å². The number of anilines is 1. The second-order valence-corrected chi connectivity index (χ2v) is 14.9. The second kappa shape index (κ2) is 18.0. The van der Waals surface area contributed by atoms with Crippen molar-refractivity contribution in [2.45, 2.75) is 56.5 Å². The average Bonchev–Trinajstić information content (AvgIpc) is 3.56. The number of piperazine rings is 1. The van der Waals surface area contributed by atoms with Crippen molar-refractivity contribution >= 4 is 34.8 Å². The summed E-state index contributed by atoms with van der Waals surface area (Å²) in [5.74, 6) is 1.48. The molecule has 6 rings (SSSR count). The molecule has 53 heavy (non-hydrogen) atoms. The van der Waals surface area contributed by atoms with Crippen molar-refractivity contribution in [1.29, 1.82) is 0 Å². The Morgan fingerprint density at radius 1 is 0.906 bits per heavy atom. The van der Waals surface area contributed by atoms with E-state index in [1.165, 1.54) is 36.0 Å². The summed E-state index contributed by atoms with van der Waals surface area (Å²) in [6.45, 7) is 8.04. The third kappa shape index (κ3) is 10.8. The standard InChI is InChI=1S/C41H42F3N3O4S2/c1-3-7-32-26-36(18-19-38(32)51-50-29(2)48)52-28-39-37(45-40(53-39)31-10-12-33(13-11-31)41(42,43)44)27-46-21-23-47(24-22-46)34-14-16-35(17-15-34)49-25-20-30-8-5-4-6-9-30/h4-6,8-19,26H,3,7,20-25,27-28H2,1-2H3. The maximum absolute atomic E-state index is 13.3. The van der Waals surface area contributed by atoms with Crippen molar-refractivity contribution in [2.24, 2.45) is 0 Å². The molecule has 0 saturated carbocycles. The predicted molar refractivity (Wildman–Crippen MR) is 205 cm³/mol. The minimum Gasteiger partial charge on any atom is -0.493 e. The number of thioether (sulfide) groups is 1. The Bertz CT molecular complexity index is 1930. The van der Waals surface area contributed by atoms with Gasteiger partial charge in [0.2, 0.25) is 0 Å². The van der Waals surface area contributed by atoms with Crippen molar-refractivity contribution in [3.63, 3.8) is 0 Å². The van der Waals surface area contributed by atoms with E-state index in [2.05, 4.69) is 41.0 Å². The Kier molecular flexibility index (Phi) is 13.0. The number of aromatic nitrogens is 1. The highest BCUT2D eigenvalue weighted by Crippen LogP contribution is 2.37. The molecule has 0 amide bonds. The van der Waals surface area contributed by atoms with Gasteiger partial charge in [0, 0.05) is 78.4 Å². The van der Waals surface area contributed by atoms with Crippen LogP contribution in [0.1, 0.15) is 47.5 Å². The highest BCUT2D eigenvalue weighted by Gasteiger charge is 2.30. The Hall–Kier alpha value is -4.52. The van der Waals surface area contributed by atoms with Gasteiger partial charge in [-0.3, -0.25) is 14.7 Å². The van der Waals surface area contributed by atoms with Gasteiger partial charge in [-0.2, -0.15) is 13.2 Å². The molecule has 1 aliphatic heterocycles. The first-order chi connectivity index (χ1) is 25.6. The smallest absolute Gasteiger partial charge is 0.416 e. The molecule has 0 bridgehead atoms. The molecule has 0 radical (unpaired) electrons. The number of nitrogens with zero attached hydrogens (tertiary/aromatic N) is 3. The largest absolute Gasteiger partial charge is 0.493 e. The maximum Gasteiger partial charge on any atom is 0.416 e. The molecule has 1 aromatic heterocycles. The van der Waals surface area contributed by atoms with E-state index in [0.717, 1.165) is 90.0 Å². The zero-order chi connectivity index (χ0) is 37.2. The van der Waals surface area contributed by atoms with E-state index >= 15 is 0 Å². The molecule has 0 aliphatic carbocycles. The molecule has 5 aromatic rings. The van der Waals surface area contributed by atoms with Gasteiger partial charge in [-0.05, 0) is 66.6 Å². The third-order valence-electron chi connectivity index (χ3n) is 8.86. The van der Waals surface area contributed by atoms with Crippen LogP contribution in [0.15, 0.2) is 102 Å². The number of halogens is 3. The van der Waals surface area contributed by atoms with Crippen LogP contribution in [-0.2, 0) is 41.0 Å². The lowest BCUT2D eigenvalue weighted by atomic mass is 10.1. The summed E-state index contributed by atoms with van der Waals surface area (Å²) in [6, 6.07) is 29.6. The van der Waals surface area contributed by atoms with Crippen LogP contribution in [0.25, 0.3) is 10.6 Å². The minimum absolute atomic E-state index is 0.511. The molecule has 2 heterocycles. The molecule has 4 aromatic carbocycles. The molecular weight excluding hydrogens is 720 g/mol. The fourth-order valence-corrected chi connectivity index (χ4v) is 8.19. The monoisotopic (exact) mass is 761 g/mol. The normalized spacial score (nSPS) is 13.6. The summed E-state index contributed by atoms with van der Waals surface area (Å²) in [5, 5.41) is 0.700.